The molecular formula is C24H28N4O3S2. The average molecular weight is 485 g/mol. The van der Waals surface area contributed by atoms with Crippen LogP contribution in [-0.2, 0) is 16.6 Å². The average Bonchev–Trinajstić information content (AvgIpc) is 3.15. The molecule has 4 rings (SSSR count). The summed E-state index contributed by atoms with van der Waals surface area (Å²) in [5.41, 5.74) is 2.78. The van der Waals surface area contributed by atoms with Gasteiger partial charge < -0.3 is 5.32 Å². The third-order valence-corrected chi connectivity index (χ3v) is 8.28. The van der Waals surface area contributed by atoms with Crippen LogP contribution in [0.2, 0.25) is 0 Å². The van der Waals surface area contributed by atoms with Crippen LogP contribution in [0.25, 0.3) is 0 Å². The molecule has 0 spiro atoms. The lowest BCUT2D eigenvalue weighted by Gasteiger charge is -2.32. The van der Waals surface area contributed by atoms with Gasteiger partial charge in [-0.1, -0.05) is 59.4 Å². The Hall–Kier alpha value is -2.75. The lowest BCUT2D eigenvalue weighted by Crippen LogP contribution is -2.44. The number of rotatable bonds is 7. The maximum absolute atomic E-state index is 12.9. The van der Waals surface area contributed by atoms with E-state index in [1.807, 2.05) is 13.0 Å². The number of aryl methyl sites for hydroxylation is 2. The Morgan fingerprint density at radius 3 is 2.39 bits per heavy atom. The Bertz CT molecular complexity index is 1200. The fourth-order valence-electron chi connectivity index (χ4n) is 3.87. The third kappa shape index (κ3) is 5.98. The molecule has 1 saturated heterocycles. The van der Waals surface area contributed by atoms with Crippen LogP contribution in [0.15, 0.2) is 59.5 Å². The number of thiazole rings is 1. The Balaban J connectivity index is 1.33. The van der Waals surface area contributed by atoms with E-state index in [4.69, 9.17) is 0 Å². The smallest absolute Gasteiger partial charge is 0.263 e. The molecule has 0 saturated carbocycles. The first-order valence-electron chi connectivity index (χ1n) is 10.9. The van der Waals surface area contributed by atoms with Crippen molar-refractivity contribution in [1.82, 2.24) is 15.2 Å². The maximum atomic E-state index is 12.9. The quantitative estimate of drug-likeness (QED) is 0.530. The number of anilines is 1. The molecule has 33 heavy (non-hydrogen) atoms. The minimum absolute atomic E-state index is 0.0960. The number of nitrogens with one attached hydrogen (secondary N) is 2. The van der Waals surface area contributed by atoms with Crippen LogP contribution in [0.1, 0.15) is 39.3 Å². The van der Waals surface area contributed by atoms with Gasteiger partial charge in [0.2, 0.25) is 0 Å². The van der Waals surface area contributed by atoms with Gasteiger partial charge in [-0.2, -0.15) is 0 Å². The number of benzene rings is 2. The van der Waals surface area contributed by atoms with E-state index in [0.717, 1.165) is 49.4 Å². The fourth-order valence-corrected chi connectivity index (χ4v) is 5.97. The highest BCUT2D eigenvalue weighted by molar-refractivity contribution is 7.93. The molecule has 0 bridgehead atoms. The summed E-state index contributed by atoms with van der Waals surface area (Å²) in [5, 5.41) is 3.29. The summed E-state index contributed by atoms with van der Waals surface area (Å²) in [6.45, 7) is 6.37. The van der Waals surface area contributed by atoms with Crippen molar-refractivity contribution in [2.45, 2.75) is 44.2 Å². The summed E-state index contributed by atoms with van der Waals surface area (Å²) in [6.07, 6.45) is 1.76. The van der Waals surface area contributed by atoms with E-state index in [1.54, 1.807) is 31.2 Å². The number of nitrogens with zero attached hydrogens (tertiary/aromatic N) is 2. The van der Waals surface area contributed by atoms with E-state index < -0.39 is 10.0 Å². The van der Waals surface area contributed by atoms with Crippen molar-refractivity contribution in [3.8, 4) is 0 Å². The van der Waals surface area contributed by atoms with Gasteiger partial charge in [0.15, 0.2) is 5.13 Å². The van der Waals surface area contributed by atoms with E-state index in [-0.39, 0.29) is 22.0 Å². The number of amides is 1. The predicted molar refractivity (Wildman–Crippen MR) is 131 cm³/mol. The van der Waals surface area contributed by atoms with E-state index in [0.29, 0.717) is 10.6 Å². The van der Waals surface area contributed by atoms with Gasteiger partial charge in [0.25, 0.3) is 15.9 Å². The number of piperidine rings is 1. The summed E-state index contributed by atoms with van der Waals surface area (Å²) >= 11 is 1.06. The molecule has 0 atom stereocenters. The van der Waals surface area contributed by atoms with Crippen molar-refractivity contribution in [2.75, 3.05) is 17.8 Å². The van der Waals surface area contributed by atoms with Gasteiger partial charge >= 0.3 is 0 Å². The van der Waals surface area contributed by atoms with Gasteiger partial charge in [-0.05, 0) is 44.4 Å². The highest BCUT2D eigenvalue weighted by atomic mass is 32.2. The van der Waals surface area contributed by atoms with Crippen molar-refractivity contribution >= 4 is 32.4 Å². The second-order valence-electron chi connectivity index (χ2n) is 8.36. The van der Waals surface area contributed by atoms with Crippen LogP contribution in [0.5, 0.6) is 0 Å². The Morgan fingerprint density at radius 2 is 1.73 bits per heavy atom. The van der Waals surface area contributed by atoms with Crippen molar-refractivity contribution in [3.05, 3.63) is 76.3 Å². The highest BCUT2D eigenvalue weighted by Crippen LogP contribution is 2.26. The molecule has 1 amide bonds. The summed E-state index contributed by atoms with van der Waals surface area (Å²) in [5.74, 6) is -0.202. The zero-order chi connectivity index (χ0) is 23.4. The van der Waals surface area contributed by atoms with Crippen molar-refractivity contribution in [3.63, 3.8) is 0 Å². The molecule has 3 aromatic rings. The van der Waals surface area contributed by atoms with Gasteiger partial charge in [-0.3, -0.25) is 14.4 Å². The largest absolute Gasteiger partial charge is 0.348 e. The SMILES string of the molecule is Cc1ccc(S(=O)(=O)Nc2nc(C)c(C(=O)NC3CCN(Cc4ccccc4)CC3)s2)cc1. The zero-order valence-electron chi connectivity index (χ0n) is 18.7. The molecule has 7 nitrogen and oxygen atoms in total. The Morgan fingerprint density at radius 1 is 1.06 bits per heavy atom. The van der Waals surface area contributed by atoms with Crippen LogP contribution in [0.4, 0.5) is 5.13 Å². The standard InChI is InChI=1S/C24H28N4O3S2/c1-17-8-10-21(11-9-17)33(30,31)27-24-25-18(2)22(32-24)23(29)26-20-12-14-28(15-13-20)16-19-6-4-3-5-7-19/h3-11,20H,12-16H2,1-2H3,(H,25,27)(H,26,29). The molecule has 2 heterocycles. The molecule has 2 aromatic carbocycles. The topological polar surface area (TPSA) is 91.4 Å². The lowest BCUT2D eigenvalue weighted by molar-refractivity contribution is 0.0912. The molecule has 1 aliphatic heterocycles. The lowest BCUT2D eigenvalue weighted by atomic mass is 10.0. The van der Waals surface area contributed by atoms with Crippen LogP contribution in [-0.4, -0.2) is 43.3 Å². The van der Waals surface area contributed by atoms with Crippen molar-refractivity contribution in [1.29, 1.82) is 0 Å². The Labute approximate surface area is 198 Å². The zero-order valence-corrected chi connectivity index (χ0v) is 20.4. The van der Waals surface area contributed by atoms with Crippen LogP contribution in [0, 0.1) is 13.8 Å². The molecule has 0 unspecified atom stereocenters. The van der Waals surface area contributed by atoms with Gasteiger partial charge in [0, 0.05) is 25.7 Å². The number of carbonyl (C=O) groups is 1. The summed E-state index contributed by atoms with van der Waals surface area (Å²) in [6, 6.07) is 17.1. The summed E-state index contributed by atoms with van der Waals surface area (Å²) in [7, 11) is -3.76. The maximum Gasteiger partial charge on any atom is 0.263 e. The van der Waals surface area contributed by atoms with Gasteiger partial charge in [-0.15, -0.1) is 0 Å². The molecule has 0 radical (unpaired) electrons. The molecule has 174 valence electrons. The van der Waals surface area contributed by atoms with Crippen molar-refractivity contribution in [2.24, 2.45) is 0 Å². The number of hydrogen-bond donors (Lipinski definition) is 2. The Kier molecular flexibility index (Phi) is 7.11. The molecule has 1 fully saturated rings. The molecule has 2 N–H and O–H groups in total. The number of likely N-dealkylation sites (tertiary alicyclic amines) is 1. The highest BCUT2D eigenvalue weighted by Gasteiger charge is 2.24. The van der Waals surface area contributed by atoms with Crippen LogP contribution in [0.3, 0.4) is 0 Å². The van der Waals surface area contributed by atoms with Gasteiger partial charge in [0.05, 0.1) is 10.6 Å². The summed E-state index contributed by atoms with van der Waals surface area (Å²) < 4.78 is 27.8. The van der Waals surface area contributed by atoms with Gasteiger partial charge in [-0.25, -0.2) is 13.4 Å². The van der Waals surface area contributed by atoms with E-state index >= 15 is 0 Å². The van der Waals surface area contributed by atoms with E-state index in [1.165, 1.54) is 5.56 Å². The van der Waals surface area contributed by atoms with Crippen LogP contribution < -0.4 is 10.0 Å². The molecule has 9 heteroatoms. The van der Waals surface area contributed by atoms with Crippen LogP contribution >= 0.6 is 11.3 Å². The molecular weight excluding hydrogens is 456 g/mol. The second kappa shape index (κ2) is 10.0. The summed E-state index contributed by atoms with van der Waals surface area (Å²) in [4.78, 5) is 20.1. The minimum atomic E-state index is -3.76. The molecule has 0 aliphatic carbocycles. The first kappa shape index (κ1) is 23.4. The van der Waals surface area contributed by atoms with Crippen molar-refractivity contribution < 1.29 is 13.2 Å². The van der Waals surface area contributed by atoms with E-state index in [2.05, 4.69) is 44.2 Å². The first-order valence-corrected chi connectivity index (χ1v) is 13.2. The first-order chi connectivity index (χ1) is 15.8. The number of carbonyl (C=O) groups excluding carboxylic acids is 1. The number of aromatic nitrogens is 1. The normalized spacial score (nSPS) is 15.3. The monoisotopic (exact) mass is 484 g/mol. The number of hydrogen-bond acceptors (Lipinski definition) is 6. The van der Waals surface area contributed by atoms with Gasteiger partial charge in [0.1, 0.15) is 4.88 Å². The number of sulfonamides is 1. The minimum Gasteiger partial charge on any atom is -0.348 e. The van der Waals surface area contributed by atoms with E-state index in [9.17, 15) is 13.2 Å². The molecule has 1 aromatic heterocycles. The molecule has 1 aliphatic rings. The predicted octanol–water partition coefficient (Wildman–Crippen LogP) is 3.96. The fraction of sp³-hybridized carbons (Fsp3) is 0.333. The third-order valence-electron chi connectivity index (χ3n) is 5.73. The second-order valence-corrected chi connectivity index (χ2v) is 11.0.